The van der Waals surface area contributed by atoms with Gasteiger partial charge in [0.15, 0.2) is 5.76 Å². The minimum Gasteiger partial charge on any atom is -0.460 e. The predicted molar refractivity (Wildman–Crippen MR) is 51.8 cm³/mol. The third-order valence-electron chi connectivity index (χ3n) is 1.42. The number of hydrogen-bond donors (Lipinski definition) is 0. The molecule has 1 aromatic heterocycles. The predicted octanol–water partition coefficient (Wildman–Crippen LogP) is 2.65. The molecule has 72 valence electrons. The Morgan fingerprint density at radius 2 is 2.38 bits per heavy atom. The van der Waals surface area contributed by atoms with Crippen LogP contribution in [0.4, 0.5) is 0 Å². The van der Waals surface area contributed by atoms with Crippen molar-refractivity contribution in [2.24, 2.45) is 0 Å². The van der Waals surface area contributed by atoms with Crippen molar-refractivity contribution < 1.29 is 13.9 Å². The zero-order valence-corrected chi connectivity index (χ0v) is 9.13. The van der Waals surface area contributed by atoms with Gasteiger partial charge in [0.1, 0.15) is 6.61 Å². The number of Topliss-reactive ketones (excluding diaryl/α,β-unsaturated/α-hetero) is 1. The van der Waals surface area contributed by atoms with Crippen LogP contribution in [0.5, 0.6) is 0 Å². The number of furan rings is 1. The lowest BCUT2D eigenvalue weighted by atomic mass is 10.3. The van der Waals surface area contributed by atoms with Gasteiger partial charge in [-0.05, 0) is 35.8 Å². The quantitative estimate of drug-likeness (QED) is 0.768. The summed E-state index contributed by atoms with van der Waals surface area (Å²) in [6, 6.07) is 1.68. The highest BCUT2D eigenvalue weighted by atomic mass is 79.9. The molecule has 4 heteroatoms. The van der Waals surface area contributed by atoms with Gasteiger partial charge in [-0.15, -0.1) is 0 Å². The first kappa shape index (κ1) is 10.5. The molecule has 0 saturated heterocycles. The van der Waals surface area contributed by atoms with Crippen LogP contribution in [0.3, 0.4) is 0 Å². The highest BCUT2D eigenvalue weighted by molar-refractivity contribution is 9.10. The number of ketones is 1. The van der Waals surface area contributed by atoms with Gasteiger partial charge in [0.05, 0.1) is 16.8 Å². The summed E-state index contributed by atoms with van der Waals surface area (Å²) in [4.78, 5) is 11.4. The first-order chi connectivity index (χ1) is 6.11. The molecule has 1 heterocycles. The zero-order valence-electron chi connectivity index (χ0n) is 7.54. The van der Waals surface area contributed by atoms with Crippen LogP contribution in [-0.2, 0) is 4.74 Å². The smallest absolute Gasteiger partial charge is 0.224 e. The van der Waals surface area contributed by atoms with Crippen molar-refractivity contribution in [3.8, 4) is 0 Å². The summed E-state index contributed by atoms with van der Waals surface area (Å²) < 4.78 is 10.8. The first-order valence-electron chi connectivity index (χ1n) is 3.99. The minimum atomic E-state index is -0.148. The Balaban J connectivity index is 2.54. The van der Waals surface area contributed by atoms with Crippen molar-refractivity contribution >= 4 is 21.7 Å². The average Bonchev–Trinajstić information content (AvgIpc) is 2.47. The fourth-order valence-electron chi connectivity index (χ4n) is 0.801. The minimum absolute atomic E-state index is 0.0534. The van der Waals surface area contributed by atoms with Gasteiger partial charge in [-0.2, -0.15) is 0 Å². The van der Waals surface area contributed by atoms with Crippen LogP contribution >= 0.6 is 15.9 Å². The van der Waals surface area contributed by atoms with Gasteiger partial charge < -0.3 is 9.15 Å². The van der Waals surface area contributed by atoms with Crippen molar-refractivity contribution in [2.75, 3.05) is 6.61 Å². The Morgan fingerprint density at radius 3 is 2.85 bits per heavy atom. The fourth-order valence-corrected chi connectivity index (χ4v) is 1.22. The average molecular weight is 247 g/mol. The maximum absolute atomic E-state index is 11.4. The zero-order chi connectivity index (χ0) is 9.84. The molecule has 13 heavy (non-hydrogen) atoms. The van der Waals surface area contributed by atoms with E-state index in [4.69, 9.17) is 9.15 Å². The molecule has 0 aliphatic carbocycles. The SMILES string of the molecule is CC(C)OCC(=O)c1occc1Br. The molecule has 0 bridgehead atoms. The third kappa shape index (κ3) is 2.97. The summed E-state index contributed by atoms with van der Waals surface area (Å²) in [7, 11) is 0. The van der Waals surface area contributed by atoms with Gasteiger partial charge in [-0.1, -0.05) is 0 Å². The molecular weight excluding hydrogens is 236 g/mol. The Kier molecular flexibility index (Phi) is 3.69. The Labute approximate surface area is 85.2 Å². The van der Waals surface area contributed by atoms with Crippen LogP contribution in [0.2, 0.25) is 0 Å². The topological polar surface area (TPSA) is 39.4 Å². The molecule has 3 nitrogen and oxygen atoms in total. The molecule has 0 atom stereocenters. The standard InChI is InChI=1S/C9H11BrO3/c1-6(2)13-5-8(11)9-7(10)3-4-12-9/h3-4,6H,5H2,1-2H3. The van der Waals surface area contributed by atoms with Crippen molar-refractivity contribution in [3.63, 3.8) is 0 Å². The second kappa shape index (κ2) is 4.58. The Hall–Kier alpha value is -0.610. The van der Waals surface area contributed by atoms with Crippen LogP contribution in [0, 0.1) is 0 Å². The van der Waals surface area contributed by atoms with Gasteiger partial charge in [-0.25, -0.2) is 0 Å². The molecule has 1 aromatic rings. The van der Waals surface area contributed by atoms with Crippen LogP contribution in [-0.4, -0.2) is 18.5 Å². The van der Waals surface area contributed by atoms with Gasteiger partial charge in [0, 0.05) is 0 Å². The summed E-state index contributed by atoms with van der Waals surface area (Å²) in [5, 5.41) is 0. The van der Waals surface area contributed by atoms with E-state index in [0.717, 1.165) is 0 Å². The summed E-state index contributed by atoms with van der Waals surface area (Å²) in [6.07, 6.45) is 1.52. The second-order valence-electron chi connectivity index (χ2n) is 2.88. The van der Waals surface area contributed by atoms with E-state index in [2.05, 4.69) is 15.9 Å². The van der Waals surface area contributed by atoms with Gasteiger partial charge >= 0.3 is 0 Å². The first-order valence-corrected chi connectivity index (χ1v) is 4.78. The molecule has 0 unspecified atom stereocenters. The summed E-state index contributed by atoms with van der Waals surface area (Å²) in [6.45, 7) is 3.82. The maximum atomic E-state index is 11.4. The maximum Gasteiger partial charge on any atom is 0.224 e. The van der Waals surface area contributed by atoms with E-state index < -0.39 is 0 Å². The molecule has 0 N–H and O–H groups in total. The van der Waals surface area contributed by atoms with Crippen molar-refractivity contribution in [3.05, 3.63) is 22.6 Å². The summed E-state index contributed by atoms with van der Waals surface area (Å²) in [5.74, 6) is 0.172. The van der Waals surface area contributed by atoms with E-state index >= 15 is 0 Å². The molecule has 0 spiro atoms. The molecule has 0 aliphatic heterocycles. The van der Waals surface area contributed by atoms with E-state index in [1.807, 2.05) is 13.8 Å². The Bertz CT molecular complexity index is 291. The van der Waals surface area contributed by atoms with Gasteiger partial charge in [0.2, 0.25) is 5.78 Å². The normalized spacial score (nSPS) is 10.8. The molecular formula is C9H11BrO3. The van der Waals surface area contributed by atoms with E-state index in [9.17, 15) is 4.79 Å². The molecule has 0 radical (unpaired) electrons. The highest BCUT2D eigenvalue weighted by Gasteiger charge is 2.13. The van der Waals surface area contributed by atoms with Crippen molar-refractivity contribution in [1.82, 2.24) is 0 Å². The van der Waals surface area contributed by atoms with Crippen molar-refractivity contribution in [1.29, 1.82) is 0 Å². The van der Waals surface area contributed by atoms with Gasteiger partial charge in [0.25, 0.3) is 0 Å². The summed E-state index contributed by atoms with van der Waals surface area (Å²) >= 11 is 3.20. The van der Waals surface area contributed by atoms with E-state index in [-0.39, 0.29) is 18.5 Å². The monoisotopic (exact) mass is 246 g/mol. The lowest BCUT2D eigenvalue weighted by Gasteiger charge is -2.04. The highest BCUT2D eigenvalue weighted by Crippen LogP contribution is 2.18. The molecule has 0 aromatic carbocycles. The van der Waals surface area contributed by atoms with E-state index in [0.29, 0.717) is 10.2 Å². The fraction of sp³-hybridized carbons (Fsp3) is 0.444. The third-order valence-corrected chi connectivity index (χ3v) is 2.04. The van der Waals surface area contributed by atoms with Crippen molar-refractivity contribution in [2.45, 2.75) is 20.0 Å². The number of hydrogen-bond acceptors (Lipinski definition) is 3. The molecule has 0 amide bonds. The second-order valence-corrected chi connectivity index (χ2v) is 3.73. The number of rotatable bonds is 4. The van der Waals surface area contributed by atoms with E-state index in [1.54, 1.807) is 6.07 Å². The largest absolute Gasteiger partial charge is 0.460 e. The van der Waals surface area contributed by atoms with E-state index in [1.165, 1.54) is 6.26 Å². The van der Waals surface area contributed by atoms with Crippen LogP contribution in [0.25, 0.3) is 0 Å². The molecule has 0 fully saturated rings. The number of halogens is 1. The summed E-state index contributed by atoms with van der Waals surface area (Å²) in [5.41, 5.74) is 0. The lowest BCUT2D eigenvalue weighted by molar-refractivity contribution is 0.0561. The molecule has 0 saturated carbocycles. The molecule has 1 rings (SSSR count). The number of ether oxygens (including phenoxy) is 1. The number of carbonyl (C=O) groups excluding carboxylic acids is 1. The van der Waals surface area contributed by atoms with Gasteiger partial charge in [-0.3, -0.25) is 4.79 Å². The lowest BCUT2D eigenvalue weighted by Crippen LogP contribution is -2.13. The van der Waals surface area contributed by atoms with Crippen LogP contribution in [0.1, 0.15) is 24.4 Å². The number of carbonyl (C=O) groups is 1. The molecule has 0 aliphatic rings. The van der Waals surface area contributed by atoms with Crippen LogP contribution < -0.4 is 0 Å². The van der Waals surface area contributed by atoms with Crippen LogP contribution in [0.15, 0.2) is 21.2 Å². The Morgan fingerprint density at radius 1 is 1.69 bits per heavy atom.